The number of hydrogen-bond acceptors (Lipinski definition) is 2. The number of H-pyrrole nitrogens is 1. The van der Waals surface area contributed by atoms with Crippen LogP contribution in [-0.4, -0.2) is 27.8 Å². The standard InChI is InChI=1S/C13H11NO3/c15-8-4-3-6-10-9-5-1-2-7-11(9)14-12(10)13(16)17/h1-2,5,7,14-15H,4,8H2,(H,16,17). The van der Waals surface area contributed by atoms with Gasteiger partial charge < -0.3 is 15.2 Å². The van der Waals surface area contributed by atoms with Crippen molar-refractivity contribution in [2.24, 2.45) is 0 Å². The molecule has 0 spiro atoms. The van der Waals surface area contributed by atoms with Gasteiger partial charge in [0.25, 0.3) is 0 Å². The van der Waals surface area contributed by atoms with Gasteiger partial charge in [-0.05, 0) is 6.07 Å². The van der Waals surface area contributed by atoms with Crippen molar-refractivity contribution in [3.05, 3.63) is 35.5 Å². The molecule has 4 nitrogen and oxygen atoms in total. The number of para-hydroxylation sites is 1. The Morgan fingerprint density at radius 1 is 1.35 bits per heavy atom. The molecule has 2 rings (SSSR count). The summed E-state index contributed by atoms with van der Waals surface area (Å²) in [4.78, 5) is 13.9. The van der Waals surface area contributed by atoms with Gasteiger partial charge >= 0.3 is 5.97 Å². The number of carboxylic acid groups (broad SMARTS) is 1. The second kappa shape index (κ2) is 4.73. The number of aromatic nitrogens is 1. The zero-order valence-corrected chi connectivity index (χ0v) is 9.03. The van der Waals surface area contributed by atoms with E-state index >= 15 is 0 Å². The first-order chi connectivity index (χ1) is 8.24. The minimum absolute atomic E-state index is 0.0300. The predicted molar refractivity (Wildman–Crippen MR) is 63.8 cm³/mol. The van der Waals surface area contributed by atoms with Crippen LogP contribution in [0, 0.1) is 11.8 Å². The van der Waals surface area contributed by atoms with Gasteiger partial charge in [-0.15, -0.1) is 0 Å². The summed E-state index contributed by atoms with van der Waals surface area (Å²) in [6, 6.07) is 7.29. The Hall–Kier alpha value is -2.25. The molecule has 4 heteroatoms. The molecule has 0 atom stereocenters. The Labute approximate surface area is 97.9 Å². The van der Waals surface area contributed by atoms with E-state index in [1.807, 2.05) is 18.2 Å². The lowest BCUT2D eigenvalue weighted by Crippen LogP contribution is -1.98. The van der Waals surface area contributed by atoms with E-state index in [0.29, 0.717) is 12.0 Å². The first kappa shape index (κ1) is 11.2. The van der Waals surface area contributed by atoms with Crippen LogP contribution in [0.1, 0.15) is 22.5 Å². The Bertz CT molecular complexity index is 616. The molecule has 0 aliphatic rings. The summed E-state index contributed by atoms with van der Waals surface area (Å²) in [5, 5.41) is 18.5. The fourth-order valence-corrected chi connectivity index (χ4v) is 1.64. The van der Waals surface area contributed by atoms with E-state index < -0.39 is 5.97 Å². The van der Waals surface area contributed by atoms with Gasteiger partial charge in [0.2, 0.25) is 0 Å². The van der Waals surface area contributed by atoms with Crippen molar-refractivity contribution in [3.8, 4) is 11.8 Å². The van der Waals surface area contributed by atoms with E-state index in [1.54, 1.807) is 6.07 Å². The molecule has 1 aromatic carbocycles. The maximum atomic E-state index is 11.1. The average molecular weight is 229 g/mol. The number of carbonyl (C=O) groups is 1. The molecule has 1 aromatic heterocycles. The van der Waals surface area contributed by atoms with Crippen molar-refractivity contribution in [3.63, 3.8) is 0 Å². The number of carboxylic acids is 1. The highest BCUT2D eigenvalue weighted by Crippen LogP contribution is 2.21. The van der Waals surface area contributed by atoms with Gasteiger partial charge in [0.15, 0.2) is 0 Å². The van der Waals surface area contributed by atoms with Crippen molar-refractivity contribution in [1.29, 1.82) is 0 Å². The lowest BCUT2D eigenvalue weighted by molar-refractivity contribution is 0.0691. The van der Waals surface area contributed by atoms with Gasteiger partial charge in [-0.25, -0.2) is 4.79 Å². The van der Waals surface area contributed by atoms with Crippen LogP contribution in [0.4, 0.5) is 0 Å². The quantitative estimate of drug-likeness (QED) is 0.685. The van der Waals surface area contributed by atoms with Gasteiger partial charge in [-0.2, -0.15) is 0 Å². The van der Waals surface area contributed by atoms with E-state index in [0.717, 1.165) is 10.9 Å². The lowest BCUT2D eigenvalue weighted by atomic mass is 10.1. The molecule has 3 N–H and O–H groups in total. The number of aliphatic hydroxyl groups is 1. The second-order valence-electron chi connectivity index (χ2n) is 3.50. The Balaban J connectivity index is 2.61. The first-order valence-electron chi connectivity index (χ1n) is 5.17. The topological polar surface area (TPSA) is 73.3 Å². The molecular formula is C13H11NO3. The smallest absolute Gasteiger partial charge is 0.353 e. The Morgan fingerprint density at radius 2 is 2.12 bits per heavy atom. The summed E-state index contributed by atoms with van der Waals surface area (Å²) in [5.74, 6) is 4.51. The summed E-state index contributed by atoms with van der Waals surface area (Å²) < 4.78 is 0. The fourth-order valence-electron chi connectivity index (χ4n) is 1.64. The zero-order valence-electron chi connectivity index (χ0n) is 9.03. The molecule has 17 heavy (non-hydrogen) atoms. The number of rotatable bonds is 2. The molecule has 0 fully saturated rings. The van der Waals surface area contributed by atoms with Crippen LogP contribution in [0.3, 0.4) is 0 Å². The maximum absolute atomic E-state index is 11.1. The SMILES string of the molecule is O=C(O)c1[nH]c2ccccc2c1C#CCCO. The van der Waals surface area contributed by atoms with Gasteiger partial charge in [0.1, 0.15) is 5.69 Å². The molecular weight excluding hydrogens is 218 g/mol. The number of aromatic carboxylic acids is 1. The highest BCUT2D eigenvalue weighted by molar-refractivity contribution is 5.99. The number of benzene rings is 1. The van der Waals surface area contributed by atoms with Gasteiger partial charge in [-0.1, -0.05) is 30.0 Å². The zero-order chi connectivity index (χ0) is 12.3. The van der Waals surface area contributed by atoms with Crippen molar-refractivity contribution >= 4 is 16.9 Å². The van der Waals surface area contributed by atoms with E-state index in [-0.39, 0.29) is 12.3 Å². The molecule has 0 unspecified atom stereocenters. The van der Waals surface area contributed by atoms with Gasteiger partial charge in [0, 0.05) is 17.3 Å². The number of aromatic amines is 1. The number of fused-ring (bicyclic) bond motifs is 1. The molecule has 0 saturated carbocycles. The van der Waals surface area contributed by atoms with Crippen molar-refractivity contribution < 1.29 is 15.0 Å². The van der Waals surface area contributed by atoms with Crippen LogP contribution in [0.2, 0.25) is 0 Å². The summed E-state index contributed by atoms with van der Waals surface area (Å²) in [6.07, 6.45) is 0.332. The number of hydrogen-bond donors (Lipinski definition) is 3. The first-order valence-corrected chi connectivity index (χ1v) is 5.17. The predicted octanol–water partition coefficient (Wildman–Crippen LogP) is 1.60. The van der Waals surface area contributed by atoms with Crippen molar-refractivity contribution in [2.45, 2.75) is 6.42 Å². The summed E-state index contributed by atoms with van der Waals surface area (Å²) in [5.41, 5.74) is 1.32. The molecule has 0 aliphatic carbocycles. The van der Waals surface area contributed by atoms with Crippen LogP contribution in [0.15, 0.2) is 24.3 Å². The lowest BCUT2D eigenvalue weighted by Gasteiger charge is -1.90. The van der Waals surface area contributed by atoms with Crippen LogP contribution in [0.25, 0.3) is 10.9 Å². The third kappa shape index (κ3) is 2.14. The Kier molecular flexibility index (Phi) is 3.12. The van der Waals surface area contributed by atoms with E-state index in [1.165, 1.54) is 0 Å². The molecule has 0 saturated heterocycles. The molecule has 0 aliphatic heterocycles. The molecule has 86 valence electrons. The number of nitrogens with one attached hydrogen (secondary N) is 1. The Morgan fingerprint density at radius 3 is 2.82 bits per heavy atom. The minimum atomic E-state index is -1.03. The van der Waals surface area contributed by atoms with Crippen LogP contribution in [0.5, 0.6) is 0 Å². The highest BCUT2D eigenvalue weighted by Gasteiger charge is 2.14. The largest absolute Gasteiger partial charge is 0.477 e. The highest BCUT2D eigenvalue weighted by atomic mass is 16.4. The van der Waals surface area contributed by atoms with Crippen LogP contribution in [-0.2, 0) is 0 Å². The fraction of sp³-hybridized carbons (Fsp3) is 0.154. The maximum Gasteiger partial charge on any atom is 0.353 e. The van der Waals surface area contributed by atoms with E-state index in [4.69, 9.17) is 10.2 Å². The van der Waals surface area contributed by atoms with Crippen LogP contribution < -0.4 is 0 Å². The third-order valence-corrected chi connectivity index (χ3v) is 2.37. The number of aliphatic hydroxyl groups excluding tert-OH is 1. The molecule has 1 heterocycles. The molecule has 2 aromatic rings. The molecule has 0 radical (unpaired) electrons. The second-order valence-corrected chi connectivity index (χ2v) is 3.50. The summed E-state index contributed by atoms with van der Waals surface area (Å²) >= 11 is 0. The monoisotopic (exact) mass is 229 g/mol. The molecule has 0 amide bonds. The van der Waals surface area contributed by atoms with Crippen LogP contribution >= 0.6 is 0 Å². The van der Waals surface area contributed by atoms with E-state index in [9.17, 15) is 4.79 Å². The summed E-state index contributed by atoms with van der Waals surface area (Å²) in [7, 11) is 0. The van der Waals surface area contributed by atoms with E-state index in [2.05, 4.69) is 16.8 Å². The third-order valence-electron chi connectivity index (χ3n) is 2.37. The van der Waals surface area contributed by atoms with Crippen molar-refractivity contribution in [1.82, 2.24) is 4.98 Å². The summed E-state index contributed by atoms with van der Waals surface area (Å²) in [6.45, 7) is -0.0300. The average Bonchev–Trinajstić information content (AvgIpc) is 2.69. The van der Waals surface area contributed by atoms with Gasteiger partial charge in [0.05, 0.1) is 12.2 Å². The molecule has 0 bridgehead atoms. The normalized spacial score (nSPS) is 9.94. The minimum Gasteiger partial charge on any atom is -0.477 e. The van der Waals surface area contributed by atoms with Crippen molar-refractivity contribution in [2.75, 3.05) is 6.61 Å². The van der Waals surface area contributed by atoms with Gasteiger partial charge in [-0.3, -0.25) is 0 Å².